The Morgan fingerprint density at radius 3 is 1.83 bits per heavy atom. The maximum absolute atomic E-state index is 13.6. The van der Waals surface area contributed by atoms with Crippen LogP contribution in [0.2, 0.25) is 0 Å². The number of aryl methyl sites for hydroxylation is 1. The van der Waals surface area contributed by atoms with Crippen LogP contribution >= 0.6 is 0 Å². The number of amides is 1. The number of benzene rings is 1. The Balaban J connectivity index is 1.35. The SMILES string of the molecule is CCC[C@@H](CO)Nc1nc(N)nc(C)c1Cc1ccc(C(=O)N2CCN(CCC/C(C)=C/CC/C(C)=C/CC/C(C)=C/CC/C=C(\C)CC/C=C(\C)CCC=C(C)C)CC2)cc1OC. The van der Waals surface area contributed by atoms with Crippen LogP contribution in [0.5, 0.6) is 5.75 Å². The smallest absolute Gasteiger partial charge is 0.254 e. The fourth-order valence-electron chi connectivity index (χ4n) is 8.25. The summed E-state index contributed by atoms with van der Waals surface area (Å²) in [5.41, 5.74) is 18.1. The van der Waals surface area contributed by atoms with Gasteiger partial charge in [-0.2, -0.15) is 4.98 Å². The van der Waals surface area contributed by atoms with E-state index in [1.54, 1.807) is 7.11 Å². The number of aliphatic hydroxyl groups excluding tert-OH is 1. The summed E-state index contributed by atoms with van der Waals surface area (Å²) in [6.45, 7) is 24.0. The summed E-state index contributed by atoms with van der Waals surface area (Å²) in [5, 5.41) is 13.3. The number of carbonyl (C=O) groups excluding carboxylic acids is 1. The van der Waals surface area contributed by atoms with E-state index in [0.717, 1.165) is 114 Å². The van der Waals surface area contributed by atoms with Crippen molar-refractivity contribution >= 4 is 17.7 Å². The number of allylic oxidation sites excluding steroid dienone is 12. The Labute approximate surface area is 389 Å². The molecule has 4 N–H and O–H groups in total. The molecule has 1 aromatic carbocycles. The van der Waals surface area contributed by atoms with Crippen LogP contribution in [0.15, 0.2) is 88.1 Å². The van der Waals surface area contributed by atoms with Gasteiger partial charge in [-0.05, 0) is 163 Å². The summed E-state index contributed by atoms with van der Waals surface area (Å²) in [5.74, 6) is 1.48. The van der Waals surface area contributed by atoms with Crippen molar-refractivity contribution in [1.82, 2.24) is 19.8 Å². The van der Waals surface area contributed by atoms with Crippen molar-refractivity contribution < 1.29 is 14.6 Å². The molecule has 1 aromatic heterocycles. The number of rotatable bonds is 28. The number of methoxy groups -OCH3 is 1. The lowest BCUT2D eigenvalue weighted by atomic mass is 10.0. The maximum atomic E-state index is 13.6. The van der Waals surface area contributed by atoms with Gasteiger partial charge in [0.15, 0.2) is 0 Å². The molecular formula is C55H86N6O3. The first kappa shape index (κ1) is 53.9. The van der Waals surface area contributed by atoms with Gasteiger partial charge < -0.3 is 25.8 Å². The molecule has 0 radical (unpaired) electrons. The maximum Gasteiger partial charge on any atom is 0.254 e. The molecule has 354 valence electrons. The molecule has 0 unspecified atom stereocenters. The van der Waals surface area contributed by atoms with Gasteiger partial charge >= 0.3 is 0 Å². The van der Waals surface area contributed by atoms with E-state index >= 15 is 0 Å². The molecule has 0 bridgehead atoms. The Morgan fingerprint density at radius 1 is 0.781 bits per heavy atom. The van der Waals surface area contributed by atoms with Gasteiger partial charge in [-0.3, -0.25) is 9.69 Å². The lowest BCUT2D eigenvalue weighted by molar-refractivity contribution is 0.0635. The van der Waals surface area contributed by atoms with Crippen LogP contribution in [0.25, 0.3) is 0 Å². The first-order valence-electron chi connectivity index (χ1n) is 24.3. The van der Waals surface area contributed by atoms with E-state index in [1.807, 2.05) is 30.0 Å². The molecule has 64 heavy (non-hydrogen) atoms. The highest BCUT2D eigenvalue weighted by Gasteiger charge is 2.24. The standard InChI is InChI=1S/C55H86N6O3/c1-11-19-50(40-62)58-53-51(47(9)57-55(56)59-53)38-48-31-32-49(39-52(48)64-10)54(63)61-36-34-60(35-37-61)33-18-30-46(8)29-17-28-45(7)27-16-25-43(5)22-13-12-21-42(4)24-15-26-44(6)23-14-20-41(2)3/h20-22,26-27,29,31-32,39,50,62H,11-19,23-25,28,30,33-38,40H2,1-10H3,(H3,56,57,58,59)/b42-21+,43-22+,44-26+,45-27+,46-29+/t50-/m0/s1. The van der Waals surface area contributed by atoms with Gasteiger partial charge in [0.05, 0.1) is 19.8 Å². The molecule has 0 aliphatic carbocycles. The van der Waals surface area contributed by atoms with Crippen molar-refractivity contribution in [3.63, 3.8) is 0 Å². The minimum atomic E-state index is -0.134. The summed E-state index contributed by atoms with van der Waals surface area (Å²) in [4.78, 5) is 27.0. The number of aliphatic hydroxyl groups is 1. The summed E-state index contributed by atoms with van der Waals surface area (Å²) in [6, 6.07) is 5.57. The number of unbranched alkanes of at least 4 members (excludes halogenated alkanes) is 1. The van der Waals surface area contributed by atoms with Gasteiger partial charge in [-0.1, -0.05) is 89.3 Å². The third-order valence-electron chi connectivity index (χ3n) is 12.4. The van der Waals surface area contributed by atoms with Gasteiger partial charge in [-0.25, -0.2) is 4.98 Å². The summed E-state index contributed by atoms with van der Waals surface area (Å²) in [6.07, 6.45) is 30.4. The number of anilines is 2. The number of aromatic nitrogens is 2. The van der Waals surface area contributed by atoms with Crippen molar-refractivity contribution in [2.75, 3.05) is 57.5 Å². The quantitative estimate of drug-likeness (QED) is 0.0572. The van der Waals surface area contributed by atoms with Gasteiger partial charge in [0, 0.05) is 49.4 Å². The molecule has 1 saturated heterocycles. The molecule has 1 atom stereocenters. The van der Waals surface area contributed by atoms with Crippen molar-refractivity contribution in [2.45, 2.75) is 165 Å². The first-order valence-corrected chi connectivity index (χ1v) is 24.3. The molecule has 0 saturated carbocycles. The van der Waals surface area contributed by atoms with Crippen LogP contribution in [-0.2, 0) is 6.42 Å². The number of nitrogens with zero attached hydrogens (tertiary/aromatic N) is 4. The highest BCUT2D eigenvalue weighted by atomic mass is 16.5. The second kappa shape index (κ2) is 29.9. The normalized spacial score (nSPS) is 15.1. The number of nitrogen functional groups attached to an aromatic ring is 1. The van der Waals surface area contributed by atoms with Gasteiger partial charge in [-0.15, -0.1) is 0 Å². The molecule has 1 fully saturated rings. The molecule has 1 amide bonds. The van der Waals surface area contributed by atoms with Crippen molar-refractivity contribution in [3.05, 3.63) is 110 Å². The minimum absolute atomic E-state index is 0.00500. The lowest BCUT2D eigenvalue weighted by Gasteiger charge is -2.35. The third-order valence-corrected chi connectivity index (χ3v) is 12.4. The van der Waals surface area contributed by atoms with Gasteiger partial charge in [0.1, 0.15) is 11.6 Å². The van der Waals surface area contributed by atoms with Crippen LogP contribution < -0.4 is 15.8 Å². The zero-order chi connectivity index (χ0) is 46.9. The molecule has 0 spiro atoms. The first-order chi connectivity index (χ1) is 30.7. The second-order valence-corrected chi connectivity index (χ2v) is 18.5. The average Bonchev–Trinajstić information content (AvgIpc) is 3.26. The Bertz CT molecular complexity index is 1930. The minimum Gasteiger partial charge on any atom is -0.496 e. The lowest BCUT2D eigenvalue weighted by Crippen LogP contribution is -2.48. The molecule has 1 aliphatic heterocycles. The van der Waals surface area contributed by atoms with Crippen LogP contribution in [0, 0.1) is 6.92 Å². The zero-order valence-corrected chi connectivity index (χ0v) is 41.8. The second-order valence-electron chi connectivity index (χ2n) is 18.5. The topological polar surface area (TPSA) is 117 Å². The van der Waals surface area contributed by atoms with Crippen LogP contribution in [-0.4, -0.2) is 83.3 Å². The molecule has 1 aliphatic rings. The van der Waals surface area contributed by atoms with E-state index < -0.39 is 0 Å². The number of nitrogens with two attached hydrogens (primary N) is 1. The largest absolute Gasteiger partial charge is 0.496 e. The number of hydrogen-bond acceptors (Lipinski definition) is 8. The van der Waals surface area contributed by atoms with Crippen molar-refractivity contribution in [2.24, 2.45) is 0 Å². The predicted octanol–water partition coefficient (Wildman–Crippen LogP) is 12.7. The van der Waals surface area contributed by atoms with E-state index in [2.05, 4.69) is 112 Å². The summed E-state index contributed by atoms with van der Waals surface area (Å²) in [7, 11) is 1.63. The predicted molar refractivity (Wildman–Crippen MR) is 272 cm³/mol. The number of nitrogens with one attached hydrogen (secondary N) is 1. The van der Waals surface area contributed by atoms with Crippen LogP contribution in [0.3, 0.4) is 0 Å². The zero-order valence-electron chi connectivity index (χ0n) is 41.8. The molecule has 3 rings (SSSR count). The van der Waals surface area contributed by atoms with Crippen molar-refractivity contribution in [1.29, 1.82) is 0 Å². The van der Waals surface area contributed by atoms with E-state index in [0.29, 0.717) is 36.6 Å². The number of ether oxygens (including phenoxy) is 1. The van der Waals surface area contributed by atoms with Crippen molar-refractivity contribution in [3.8, 4) is 5.75 Å². The highest BCUT2D eigenvalue weighted by Crippen LogP contribution is 2.29. The monoisotopic (exact) mass is 879 g/mol. The number of hydrogen-bond donors (Lipinski definition) is 3. The Kier molecular flexibility index (Phi) is 25.1. The third kappa shape index (κ3) is 20.6. The molecule has 9 nitrogen and oxygen atoms in total. The number of carbonyl (C=O) groups is 1. The van der Waals surface area contributed by atoms with E-state index in [1.165, 1.54) is 46.3 Å². The van der Waals surface area contributed by atoms with Crippen LogP contribution in [0.1, 0.15) is 172 Å². The van der Waals surface area contributed by atoms with Gasteiger partial charge in [0.25, 0.3) is 5.91 Å². The fourth-order valence-corrected chi connectivity index (χ4v) is 8.25. The summed E-state index contributed by atoms with van der Waals surface area (Å²) >= 11 is 0. The Morgan fingerprint density at radius 2 is 1.31 bits per heavy atom. The van der Waals surface area contributed by atoms with Crippen LogP contribution in [0.4, 0.5) is 11.8 Å². The number of piperazine rings is 1. The molecule has 2 aromatic rings. The van der Waals surface area contributed by atoms with E-state index in [-0.39, 0.29) is 24.5 Å². The highest BCUT2D eigenvalue weighted by molar-refractivity contribution is 5.95. The van der Waals surface area contributed by atoms with Gasteiger partial charge in [0.2, 0.25) is 5.95 Å². The summed E-state index contributed by atoms with van der Waals surface area (Å²) < 4.78 is 5.80. The Hall–Kier alpha value is -4.47. The average molecular weight is 879 g/mol. The molecular weight excluding hydrogens is 793 g/mol. The molecule has 2 heterocycles. The van der Waals surface area contributed by atoms with E-state index in [9.17, 15) is 9.90 Å². The van der Waals surface area contributed by atoms with E-state index in [4.69, 9.17) is 10.5 Å². The molecule has 9 heteroatoms. The fraction of sp³-hybridized carbons (Fsp3) is 0.582.